The van der Waals surface area contributed by atoms with Gasteiger partial charge in [0.15, 0.2) is 0 Å². The van der Waals surface area contributed by atoms with Crippen molar-refractivity contribution in [1.82, 2.24) is 10.2 Å². The number of urea groups is 1. The third-order valence-electron chi connectivity index (χ3n) is 5.30. The normalized spacial score (nSPS) is 18.5. The van der Waals surface area contributed by atoms with Gasteiger partial charge in [0, 0.05) is 5.69 Å². The summed E-state index contributed by atoms with van der Waals surface area (Å²) in [6.45, 7) is 1.08. The molecule has 3 aromatic rings. The van der Waals surface area contributed by atoms with Crippen LogP contribution in [0.1, 0.15) is 18.1 Å². The van der Waals surface area contributed by atoms with Crippen molar-refractivity contribution in [3.05, 3.63) is 77.9 Å². The van der Waals surface area contributed by atoms with E-state index in [9.17, 15) is 19.5 Å². The largest absolute Gasteiger partial charge is 0.392 e. The van der Waals surface area contributed by atoms with Crippen molar-refractivity contribution < 1.29 is 19.5 Å². The fraction of sp³-hybridized carbons (Fsp3) is 0.174. The lowest BCUT2D eigenvalue weighted by atomic mass is 9.90. The van der Waals surface area contributed by atoms with E-state index in [2.05, 4.69) is 10.6 Å². The first-order valence-electron chi connectivity index (χ1n) is 9.54. The number of carbonyl (C=O) groups excluding carboxylic acids is 3. The van der Waals surface area contributed by atoms with E-state index in [1.165, 1.54) is 0 Å². The second-order valence-electron chi connectivity index (χ2n) is 7.42. The van der Waals surface area contributed by atoms with Crippen LogP contribution in [-0.2, 0) is 21.7 Å². The number of aliphatic hydroxyl groups excluding tert-OH is 1. The fourth-order valence-corrected chi connectivity index (χ4v) is 3.63. The third-order valence-corrected chi connectivity index (χ3v) is 5.30. The summed E-state index contributed by atoms with van der Waals surface area (Å²) in [7, 11) is 0. The van der Waals surface area contributed by atoms with E-state index in [0.717, 1.165) is 15.7 Å². The van der Waals surface area contributed by atoms with Crippen molar-refractivity contribution in [2.24, 2.45) is 0 Å². The zero-order valence-corrected chi connectivity index (χ0v) is 16.4. The first-order valence-corrected chi connectivity index (χ1v) is 9.54. The van der Waals surface area contributed by atoms with Crippen molar-refractivity contribution >= 4 is 34.3 Å². The topological polar surface area (TPSA) is 98.7 Å². The number of hydrogen-bond donors (Lipinski definition) is 3. The highest BCUT2D eigenvalue weighted by molar-refractivity contribution is 6.10. The lowest BCUT2D eigenvalue weighted by molar-refractivity contribution is -0.133. The molecule has 0 bridgehead atoms. The quantitative estimate of drug-likeness (QED) is 0.571. The highest BCUT2D eigenvalue weighted by Crippen LogP contribution is 2.31. The molecular formula is C23H21N3O4. The maximum absolute atomic E-state index is 13.1. The van der Waals surface area contributed by atoms with E-state index in [4.69, 9.17) is 0 Å². The SMILES string of the molecule is C[C@]1(c2ccc3ccccc3c2)NC(=O)N(CC(=O)Nc2cccc(CO)c2)C1=O. The Bertz CT molecular complexity index is 1160. The minimum Gasteiger partial charge on any atom is -0.392 e. The summed E-state index contributed by atoms with van der Waals surface area (Å²) in [4.78, 5) is 38.9. The Morgan fingerprint density at radius 1 is 1.03 bits per heavy atom. The molecule has 1 fully saturated rings. The lowest BCUT2D eigenvalue weighted by Gasteiger charge is -2.22. The summed E-state index contributed by atoms with van der Waals surface area (Å²) in [6, 6.07) is 19.4. The molecule has 0 aliphatic carbocycles. The van der Waals surface area contributed by atoms with Gasteiger partial charge in [0.2, 0.25) is 5.91 Å². The zero-order valence-electron chi connectivity index (χ0n) is 16.4. The monoisotopic (exact) mass is 403 g/mol. The second-order valence-corrected chi connectivity index (χ2v) is 7.42. The Balaban J connectivity index is 1.53. The number of benzene rings is 3. The smallest absolute Gasteiger partial charge is 0.325 e. The van der Waals surface area contributed by atoms with Crippen molar-refractivity contribution in [3.8, 4) is 0 Å². The molecule has 7 heteroatoms. The molecule has 0 saturated carbocycles. The van der Waals surface area contributed by atoms with Crippen LogP contribution in [-0.4, -0.2) is 34.4 Å². The number of rotatable bonds is 5. The summed E-state index contributed by atoms with van der Waals surface area (Å²) in [5.41, 5.74) is 0.527. The molecule has 4 rings (SSSR count). The van der Waals surface area contributed by atoms with Crippen LogP contribution in [0.2, 0.25) is 0 Å². The molecular weight excluding hydrogens is 382 g/mol. The van der Waals surface area contributed by atoms with Crippen LogP contribution < -0.4 is 10.6 Å². The van der Waals surface area contributed by atoms with Crippen LogP contribution in [0.3, 0.4) is 0 Å². The Labute approximate surface area is 173 Å². The fourth-order valence-electron chi connectivity index (χ4n) is 3.63. The second kappa shape index (κ2) is 7.61. The molecule has 0 aromatic heterocycles. The number of aliphatic hydroxyl groups is 1. The van der Waals surface area contributed by atoms with Gasteiger partial charge in [-0.3, -0.25) is 14.5 Å². The van der Waals surface area contributed by atoms with Gasteiger partial charge in [-0.2, -0.15) is 0 Å². The Morgan fingerprint density at radius 3 is 2.57 bits per heavy atom. The van der Waals surface area contributed by atoms with Crippen LogP contribution in [0, 0.1) is 0 Å². The van der Waals surface area contributed by atoms with Crippen molar-refractivity contribution in [2.45, 2.75) is 19.1 Å². The maximum atomic E-state index is 13.1. The van der Waals surface area contributed by atoms with Crippen LogP contribution in [0.5, 0.6) is 0 Å². The highest BCUT2D eigenvalue weighted by atomic mass is 16.3. The molecule has 1 aliphatic heterocycles. The standard InChI is InChI=1S/C23H21N3O4/c1-23(18-10-9-16-6-2-3-7-17(16)12-18)21(29)26(22(30)25-23)13-20(28)24-19-8-4-5-15(11-19)14-27/h2-12,27H,13-14H2,1H3,(H,24,28)(H,25,30)/t23-/m1/s1. The van der Waals surface area contributed by atoms with E-state index in [0.29, 0.717) is 16.8 Å². The molecule has 3 N–H and O–H groups in total. The number of imide groups is 1. The van der Waals surface area contributed by atoms with E-state index >= 15 is 0 Å². The molecule has 3 aromatic carbocycles. The number of hydrogen-bond acceptors (Lipinski definition) is 4. The first-order chi connectivity index (χ1) is 14.4. The van der Waals surface area contributed by atoms with Crippen molar-refractivity contribution in [1.29, 1.82) is 0 Å². The number of nitrogens with zero attached hydrogens (tertiary/aromatic N) is 1. The molecule has 30 heavy (non-hydrogen) atoms. The predicted molar refractivity (Wildman–Crippen MR) is 113 cm³/mol. The van der Waals surface area contributed by atoms with Gasteiger partial charge in [-0.1, -0.05) is 48.5 Å². The molecule has 7 nitrogen and oxygen atoms in total. The minimum absolute atomic E-state index is 0.152. The van der Waals surface area contributed by atoms with Gasteiger partial charge in [0.1, 0.15) is 12.1 Å². The summed E-state index contributed by atoms with van der Waals surface area (Å²) in [6.07, 6.45) is 0. The summed E-state index contributed by atoms with van der Waals surface area (Å²) in [5, 5.41) is 16.6. The van der Waals surface area contributed by atoms with Gasteiger partial charge in [-0.05, 0) is 47.0 Å². The minimum atomic E-state index is -1.25. The number of nitrogens with one attached hydrogen (secondary N) is 2. The predicted octanol–water partition coefficient (Wildman–Crippen LogP) is 2.74. The molecule has 1 atom stereocenters. The molecule has 0 spiro atoms. The molecule has 1 saturated heterocycles. The molecule has 4 amide bonds. The van der Waals surface area contributed by atoms with Crippen LogP contribution >= 0.6 is 0 Å². The molecule has 1 heterocycles. The number of fused-ring (bicyclic) bond motifs is 1. The number of anilines is 1. The first kappa shape index (κ1) is 19.6. The molecule has 1 aliphatic rings. The Morgan fingerprint density at radius 2 is 1.80 bits per heavy atom. The molecule has 0 radical (unpaired) electrons. The Hall–Kier alpha value is -3.71. The lowest BCUT2D eigenvalue weighted by Crippen LogP contribution is -2.42. The van der Waals surface area contributed by atoms with E-state index in [-0.39, 0.29) is 6.61 Å². The Kier molecular flexibility index (Phi) is 4.97. The van der Waals surface area contributed by atoms with Crippen LogP contribution in [0.4, 0.5) is 10.5 Å². The summed E-state index contributed by atoms with van der Waals surface area (Å²) >= 11 is 0. The van der Waals surface area contributed by atoms with Gasteiger partial charge in [0.25, 0.3) is 5.91 Å². The van der Waals surface area contributed by atoms with Gasteiger partial charge >= 0.3 is 6.03 Å². The van der Waals surface area contributed by atoms with Crippen molar-refractivity contribution in [2.75, 3.05) is 11.9 Å². The summed E-state index contributed by atoms with van der Waals surface area (Å²) < 4.78 is 0. The van der Waals surface area contributed by atoms with Crippen molar-refractivity contribution in [3.63, 3.8) is 0 Å². The highest BCUT2D eigenvalue weighted by Gasteiger charge is 2.49. The van der Waals surface area contributed by atoms with Gasteiger partial charge < -0.3 is 15.7 Å². The van der Waals surface area contributed by atoms with Crippen LogP contribution in [0.15, 0.2) is 66.7 Å². The van der Waals surface area contributed by atoms with Gasteiger partial charge in [-0.15, -0.1) is 0 Å². The van der Waals surface area contributed by atoms with E-state index in [1.54, 1.807) is 31.2 Å². The molecule has 0 unspecified atom stereocenters. The number of carbonyl (C=O) groups is 3. The van der Waals surface area contributed by atoms with E-state index < -0.39 is 29.9 Å². The third kappa shape index (κ3) is 3.51. The molecule has 152 valence electrons. The van der Waals surface area contributed by atoms with Gasteiger partial charge in [0.05, 0.1) is 6.61 Å². The average molecular weight is 403 g/mol. The van der Waals surface area contributed by atoms with Crippen LogP contribution in [0.25, 0.3) is 10.8 Å². The van der Waals surface area contributed by atoms with Gasteiger partial charge in [-0.25, -0.2) is 4.79 Å². The zero-order chi connectivity index (χ0) is 21.3. The van der Waals surface area contributed by atoms with E-state index in [1.807, 2.05) is 42.5 Å². The maximum Gasteiger partial charge on any atom is 0.325 e. The average Bonchev–Trinajstić information content (AvgIpc) is 2.97. The number of amides is 4. The summed E-state index contributed by atoms with van der Waals surface area (Å²) in [5.74, 6) is -0.988.